The number of carbonyl (C=O) groups is 2. The molecule has 4 rings (SSSR count). The highest BCUT2D eigenvalue weighted by atomic mass is 35.5. The van der Waals surface area contributed by atoms with Gasteiger partial charge in [-0.1, -0.05) is 29.8 Å². The molecule has 1 aliphatic heterocycles. The van der Waals surface area contributed by atoms with Gasteiger partial charge >= 0.3 is 0 Å². The Morgan fingerprint density at radius 1 is 1.23 bits per heavy atom. The molecule has 1 atom stereocenters. The van der Waals surface area contributed by atoms with Crippen LogP contribution < -0.4 is 0 Å². The molecular formula is C21H21ClN4O3S. The van der Waals surface area contributed by atoms with Crippen molar-refractivity contribution in [2.24, 2.45) is 0 Å². The average molecular weight is 445 g/mol. The Balaban J connectivity index is 1.56. The Morgan fingerprint density at radius 2 is 2.03 bits per heavy atom. The van der Waals surface area contributed by atoms with Gasteiger partial charge in [-0.05, 0) is 56.2 Å². The highest BCUT2D eigenvalue weighted by molar-refractivity contribution is 8.00. The number of imide groups is 1. The maximum Gasteiger partial charge on any atom is 0.260 e. The number of likely N-dealkylation sites (tertiary alicyclic amines) is 1. The third kappa shape index (κ3) is 4.15. The van der Waals surface area contributed by atoms with E-state index in [9.17, 15) is 9.59 Å². The maximum absolute atomic E-state index is 13.2. The molecule has 0 spiro atoms. The minimum Gasteiger partial charge on any atom is -0.461 e. The monoisotopic (exact) mass is 444 g/mol. The van der Waals surface area contributed by atoms with Crippen LogP contribution in [0.3, 0.4) is 0 Å². The Kier molecular flexibility index (Phi) is 6.24. The van der Waals surface area contributed by atoms with E-state index in [2.05, 4.69) is 10.2 Å². The van der Waals surface area contributed by atoms with Gasteiger partial charge in [0.15, 0.2) is 16.7 Å². The van der Waals surface area contributed by atoms with Gasteiger partial charge in [-0.3, -0.25) is 19.1 Å². The van der Waals surface area contributed by atoms with Crippen molar-refractivity contribution in [2.45, 2.75) is 43.1 Å². The fourth-order valence-electron chi connectivity index (χ4n) is 3.44. The summed E-state index contributed by atoms with van der Waals surface area (Å²) in [6.07, 6.45) is 3.91. The lowest BCUT2D eigenvalue weighted by Gasteiger charge is -2.22. The Bertz CT molecular complexity index is 1030. The van der Waals surface area contributed by atoms with Crippen LogP contribution in [0.15, 0.2) is 52.2 Å². The van der Waals surface area contributed by atoms with E-state index in [0.717, 1.165) is 12.8 Å². The van der Waals surface area contributed by atoms with E-state index >= 15 is 0 Å². The number of carbonyl (C=O) groups excluding carboxylic acids is 2. The van der Waals surface area contributed by atoms with E-state index in [-0.39, 0.29) is 11.8 Å². The molecule has 1 unspecified atom stereocenters. The first-order chi connectivity index (χ1) is 14.6. The molecule has 30 heavy (non-hydrogen) atoms. The quantitative estimate of drug-likeness (QED) is 0.538. The van der Waals surface area contributed by atoms with Gasteiger partial charge in [-0.2, -0.15) is 0 Å². The second-order valence-electron chi connectivity index (χ2n) is 6.93. The van der Waals surface area contributed by atoms with Gasteiger partial charge in [-0.25, -0.2) is 0 Å². The summed E-state index contributed by atoms with van der Waals surface area (Å²) < 4.78 is 7.37. The molecule has 0 saturated carbocycles. The van der Waals surface area contributed by atoms with Crippen LogP contribution in [0, 0.1) is 0 Å². The van der Waals surface area contributed by atoms with Crippen LogP contribution in [0.1, 0.15) is 36.5 Å². The molecule has 0 bridgehead atoms. The summed E-state index contributed by atoms with van der Waals surface area (Å²) in [5, 5.41) is 9.32. The Hall–Kier alpha value is -2.58. The number of amides is 2. The molecule has 9 heteroatoms. The predicted octanol–water partition coefficient (Wildman–Crippen LogP) is 4.53. The number of benzene rings is 1. The zero-order valence-corrected chi connectivity index (χ0v) is 18.0. The molecule has 3 heterocycles. The van der Waals surface area contributed by atoms with Crippen molar-refractivity contribution >= 4 is 35.2 Å². The Labute approximate surface area is 183 Å². The number of thioether (sulfide) groups is 1. The number of hydrogen-bond donors (Lipinski definition) is 0. The minimum atomic E-state index is -0.400. The number of rotatable bonds is 5. The van der Waals surface area contributed by atoms with E-state index in [1.54, 1.807) is 36.6 Å². The standard InChI is InChI=1S/C21H21ClN4O3S/c1-2-25-18(16-6-5-13-29-16)23-24-21(25)30-17-7-3-4-12-26(20(17)28)19(27)14-8-10-15(22)11-9-14/h5-6,8-11,13,17H,2-4,7,12H2,1H3. The summed E-state index contributed by atoms with van der Waals surface area (Å²) in [7, 11) is 0. The fraction of sp³-hybridized carbons (Fsp3) is 0.333. The van der Waals surface area contributed by atoms with Crippen molar-refractivity contribution < 1.29 is 14.0 Å². The van der Waals surface area contributed by atoms with E-state index in [1.165, 1.54) is 16.7 Å². The molecule has 0 radical (unpaired) electrons. The first-order valence-corrected chi connectivity index (χ1v) is 11.1. The van der Waals surface area contributed by atoms with E-state index in [0.29, 0.717) is 46.8 Å². The third-order valence-electron chi connectivity index (χ3n) is 5.00. The molecule has 1 fully saturated rings. The smallest absolute Gasteiger partial charge is 0.260 e. The van der Waals surface area contributed by atoms with Crippen molar-refractivity contribution in [3.63, 3.8) is 0 Å². The molecule has 2 amide bonds. The zero-order valence-electron chi connectivity index (χ0n) is 16.5. The van der Waals surface area contributed by atoms with Gasteiger partial charge in [0.2, 0.25) is 5.91 Å². The predicted molar refractivity (Wildman–Crippen MR) is 114 cm³/mol. The van der Waals surface area contributed by atoms with Crippen molar-refractivity contribution in [1.82, 2.24) is 19.7 Å². The van der Waals surface area contributed by atoms with Gasteiger partial charge in [0.25, 0.3) is 5.91 Å². The first-order valence-electron chi connectivity index (χ1n) is 9.83. The SMILES string of the molecule is CCn1c(SC2CCCCN(C(=O)c3ccc(Cl)cc3)C2=O)nnc1-c1ccco1. The molecule has 1 aromatic carbocycles. The van der Waals surface area contributed by atoms with Crippen LogP contribution >= 0.6 is 23.4 Å². The first kappa shape index (κ1) is 20.7. The summed E-state index contributed by atoms with van der Waals surface area (Å²) >= 11 is 7.28. The number of hydrogen-bond acceptors (Lipinski definition) is 6. The van der Waals surface area contributed by atoms with Crippen LogP contribution in [-0.4, -0.2) is 43.3 Å². The van der Waals surface area contributed by atoms with Gasteiger partial charge in [0, 0.05) is 23.7 Å². The van der Waals surface area contributed by atoms with Crippen molar-refractivity contribution in [2.75, 3.05) is 6.54 Å². The molecule has 3 aromatic rings. The molecule has 1 saturated heterocycles. The number of halogens is 1. The fourth-order valence-corrected chi connectivity index (χ4v) is 4.77. The second kappa shape index (κ2) is 9.06. The van der Waals surface area contributed by atoms with Crippen LogP contribution in [-0.2, 0) is 11.3 Å². The second-order valence-corrected chi connectivity index (χ2v) is 8.54. The highest BCUT2D eigenvalue weighted by Crippen LogP contribution is 2.32. The van der Waals surface area contributed by atoms with Crippen molar-refractivity contribution in [3.05, 3.63) is 53.2 Å². The van der Waals surface area contributed by atoms with E-state index in [4.69, 9.17) is 16.0 Å². The van der Waals surface area contributed by atoms with Gasteiger partial charge < -0.3 is 4.42 Å². The minimum absolute atomic E-state index is 0.192. The summed E-state index contributed by atoms with van der Waals surface area (Å²) in [5.74, 6) is 0.767. The Morgan fingerprint density at radius 3 is 2.73 bits per heavy atom. The zero-order chi connectivity index (χ0) is 21.1. The molecule has 2 aromatic heterocycles. The topological polar surface area (TPSA) is 81.2 Å². The van der Waals surface area contributed by atoms with Crippen LogP contribution in [0.4, 0.5) is 0 Å². The molecule has 0 aliphatic carbocycles. The highest BCUT2D eigenvalue weighted by Gasteiger charge is 2.33. The lowest BCUT2D eigenvalue weighted by molar-refractivity contribution is -0.127. The average Bonchev–Trinajstić information content (AvgIpc) is 3.38. The summed E-state index contributed by atoms with van der Waals surface area (Å²) in [6.45, 7) is 3.04. The summed E-state index contributed by atoms with van der Waals surface area (Å²) in [6, 6.07) is 10.2. The molecular weight excluding hydrogens is 424 g/mol. The van der Waals surface area contributed by atoms with Crippen LogP contribution in [0.25, 0.3) is 11.6 Å². The van der Waals surface area contributed by atoms with Crippen molar-refractivity contribution in [1.29, 1.82) is 0 Å². The van der Waals surface area contributed by atoms with Crippen molar-refractivity contribution in [3.8, 4) is 11.6 Å². The maximum atomic E-state index is 13.2. The van der Waals surface area contributed by atoms with Crippen LogP contribution in [0.2, 0.25) is 5.02 Å². The van der Waals surface area contributed by atoms with Gasteiger partial charge in [0.1, 0.15) is 0 Å². The summed E-state index contributed by atoms with van der Waals surface area (Å²) in [5.41, 5.74) is 0.454. The molecule has 7 nitrogen and oxygen atoms in total. The normalized spacial score (nSPS) is 17.2. The van der Waals surface area contributed by atoms with Crippen LogP contribution in [0.5, 0.6) is 0 Å². The number of furan rings is 1. The molecule has 0 N–H and O–H groups in total. The summed E-state index contributed by atoms with van der Waals surface area (Å²) in [4.78, 5) is 27.6. The van der Waals surface area contributed by atoms with Gasteiger partial charge in [0.05, 0.1) is 11.5 Å². The number of aromatic nitrogens is 3. The third-order valence-corrected chi connectivity index (χ3v) is 6.48. The lowest BCUT2D eigenvalue weighted by Crippen LogP contribution is -2.41. The van der Waals surface area contributed by atoms with Gasteiger partial charge in [-0.15, -0.1) is 10.2 Å². The lowest BCUT2D eigenvalue weighted by atomic mass is 10.2. The van der Waals surface area contributed by atoms with E-state index in [1.807, 2.05) is 17.6 Å². The number of nitrogens with zero attached hydrogens (tertiary/aromatic N) is 4. The molecule has 156 valence electrons. The molecule has 1 aliphatic rings. The van der Waals surface area contributed by atoms with E-state index < -0.39 is 5.25 Å². The largest absolute Gasteiger partial charge is 0.461 e.